The quantitative estimate of drug-likeness (QED) is 0.514. The predicted molar refractivity (Wildman–Crippen MR) is 98.7 cm³/mol. The molecule has 1 heterocycles. The molecule has 0 saturated heterocycles. The summed E-state index contributed by atoms with van der Waals surface area (Å²) in [5.41, 5.74) is 1.24. The second-order valence-electron chi connectivity index (χ2n) is 6.27. The van der Waals surface area contributed by atoms with Crippen molar-refractivity contribution in [2.24, 2.45) is 5.92 Å². The molecule has 9 nitrogen and oxygen atoms in total. The van der Waals surface area contributed by atoms with Gasteiger partial charge in [0.2, 0.25) is 5.91 Å². The fourth-order valence-corrected chi connectivity index (χ4v) is 2.42. The van der Waals surface area contributed by atoms with E-state index in [0.29, 0.717) is 5.56 Å². The van der Waals surface area contributed by atoms with Gasteiger partial charge in [0.25, 0.3) is 5.91 Å². The van der Waals surface area contributed by atoms with Crippen LogP contribution in [-0.4, -0.2) is 34.2 Å². The van der Waals surface area contributed by atoms with Gasteiger partial charge in [-0.05, 0) is 30.5 Å². The number of nitrogens with one attached hydrogen (secondary N) is 2. The molecule has 1 aromatic carbocycles. The number of hydrogen-bond acceptors (Lipinski definition) is 7. The molecule has 4 N–H and O–H groups in total. The zero-order chi connectivity index (χ0) is 20.1. The average Bonchev–Trinajstić information content (AvgIpc) is 3.51. The molecule has 3 rings (SSSR count). The van der Waals surface area contributed by atoms with Gasteiger partial charge < -0.3 is 25.3 Å². The Kier molecular flexibility index (Phi) is 5.89. The number of benzene rings is 1. The Morgan fingerprint density at radius 2 is 1.96 bits per heavy atom. The number of hydrogen-bond donors (Lipinski definition) is 4. The van der Waals surface area contributed by atoms with Gasteiger partial charge in [0.1, 0.15) is 17.3 Å². The molecular formula is C18H17BN4O5. The maximum absolute atomic E-state index is 12.4. The van der Waals surface area contributed by atoms with E-state index in [4.69, 9.17) is 20.0 Å². The highest BCUT2D eigenvalue weighted by Gasteiger charge is 2.30. The lowest BCUT2D eigenvalue weighted by atomic mass is 10.1. The molecule has 142 valence electrons. The van der Waals surface area contributed by atoms with Crippen molar-refractivity contribution in [2.75, 3.05) is 5.32 Å². The molecule has 2 aromatic rings. The normalized spacial score (nSPS) is 12.6. The van der Waals surface area contributed by atoms with Crippen LogP contribution in [0.1, 0.15) is 34.5 Å². The molecule has 0 aliphatic heterocycles. The van der Waals surface area contributed by atoms with Gasteiger partial charge in [-0.15, -0.1) is 0 Å². The molecule has 0 radical (unpaired) electrons. The lowest BCUT2D eigenvalue weighted by Gasteiger charge is -2.11. The molecule has 1 fully saturated rings. The molecule has 0 atom stereocenters. The number of amides is 2. The number of rotatable bonds is 7. The summed E-state index contributed by atoms with van der Waals surface area (Å²) in [5.74, 6) is -0.760. The molecule has 0 unspecified atom stereocenters. The van der Waals surface area contributed by atoms with Crippen LogP contribution in [0.3, 0.4) is 0 Å². The van der Waals surface area contributed by atoms with E-state index in [9.17, 15) is 9.59 Å². The summed E-state index contributed by atoms with van der Waals surface area (Å²) in [7, 11) is -2.08. The van der Waals surface area contributed by atoms with E-state index >= 15 is 0 Å². The fourth-order valence-electron chi connectivity index (χ4n) is 2.42. The summed E-state index contributed by atoms with van der Waals surface area (Å²) in [6.07, 6.45) is 1.60. The molecule has 2 amide bonds. The van der Waals surface area contributed by atoms with E-state index in [2.05, 4.69) is 15.6 Å². The number of carbonyl (C=O) groups excluding carboxylic acids is 2. The summed E-state index contributed by atoms with van der Waals surface area (Å²) in [4.78, 5) is 28.5. The van der Waals surface area contributed by atoms with Crippen molar-refractivity contribution in [3.63, 3.8) is 0 Å². The van der Waals surface area contributed by atoms with E-state index in [-0.39, 0.29) is 35.6 Å². The lowest BCUT2D eigenvalue weighted by Crippen LogP contribution is -2.26. The first kappa shape index (κ1) is 19.3. The average molecular weight is 380 g/mol. The summed E-state index contributed by atoms with van der Waals surface area (Å²) >= 11 is 0. The van der Waals surface area contributed by atoms with Crippen LogP contribution in [0.25, 0.3) is 0 Å². The minimum Gasteiger partial charge on any atom is -0.512 e. The second kappa shape index (κ2) is 8.52. The molecule has 0 bridgehead atoms. The first-order chi connectivity index (χ1) is 13.4. The van der Waals surface area contributed by atoms with Crippen LogP contribution < -0.4 is 15.3 Å². The van der Waals surface area contributed by atoms with Crippen LogP contribution in [0, 0.1) is 17.2 Å². The van der Waals surface area contributed by atoms with Crippen molar-refractivity contribution < 1.29 is 24.3 Å². The van der Waals surface area contributed by atoms with E-state index in [1.165, 1.54) is 12.1 Å². The molecule has 10 heteroatoms. The summed E-state index contributed by atoms with van der Waals surface area (Å²) in [6.45, 7) is 0.198. The monoisotopic (exact) mass is 380 g/mol. The zero-order valence-corrected chi connectivity index (χ0v) is 14.8. The van der Waals surface area contributed by atoms with Crippen molar-refractivity contribution in [1.82, 2.24) is 10.3 Å². The summed E-state index contributed by atoms with van der Waals surface area (Å²) in [6, 6.07) is 11.3. The number of aromatic nitrogens is 1. The van der Waals surface area contributed by atoms with Crippen molar-refractivity contribution in [3.8, 4) is 11.8 Å². The molecule has 1 aliphatic carbocycles. The van der Waals surface area contributed by atoms with Gasteiger partial charge >= 0.3 is 7.32 Å². The van der Waals surface area contributed by atoms with Gasteiger partial charge in [0.15, 0.2) is 0 Å². The first-order valence-electron chi connectivity index (χ1n) is 8.57. The molecule has 0 spiro atoms. The topological polar surface area (TPSA) is 145 Å². The highest BCUT2D eigenvalue weighted by molar-refractivity contribution is 6.33. The van der Waals surface area contributed by atoms with E-state index < -0.39 is 13.2 Å². The number of nitrogens with zero attached hydrogens (tertiary/aromatic N) is 2. The van der Waals surface area contributed by atoms with E-state index in [0.717, 1.165) is 18.4 Å². The Hall–Kier alpha value is -3.42. The van der Waals surface area contributed by atoms with Gasteiger partial charge in [0, 0.05) is 24.6 Å². The van der Waals surface area contributed by atoms with Gasteiger partial charge in [-0.1, -0.05) is 12.1 Å². The van der Waals surface area contributed by atoms with Crippen LogP contribution in [-0.2, 0) is 11.3 Å². The maximum Gasteiger partial charge on any atom is 0.707 e. The fraction of sp³-hybridized carbons (Fsp3) is 0.222. The van der Waals surface area contributed by atoms with E-state index in [1.54, 1.807) is 24.3 Å². The van der Waals surface area contributed by atoms with Gasteiger partial charge in [0.05, 0.1) is 11.6 Å². The van der Waals surface area contributed by atoms with Crippen LogP contribution in [0.4, 0.5) is 5.82 Å². The largest absolute Gasteiger partial charge is 0.707 e. The second-order valence-corrected chi connectivity index (χ2v) is 6.27. The van der Waals surface area contributed by atoms with Crippen molar-refractivity contribution >= 4 is 25.0 Å². The van der Waals surface area contributed by atoms with Crippen LogP contribution >= 0.6 is 0 Å². The van der Waals surface area contributed by atoms with Gasteiger partial charge in [-0.3, -0.25) is 9.59 Å². The van der Waals surface area contributed by atoms with Crippen LogP contribution in [0.2, 0.25) is 0 Å². The number of pyridine rings is 1. The van der Waals surface area contributed by atoms with Gasteiger partial charge in [-0.25, -0.2) is 4.98 Å². The van der Waals surface area contributed by atoms with Crippen molar-refractivity contribution in [3.05, 3.63) is 53.2 Å². The number of carbonyl (C=O) groups is 2. The van der Waals surface area contributed by atoms with E-state index in [1.807, 2.05) is 6.07 Å². The SMILES string of the molecule is N#Cc1ccc(CNC(=O)c2cc(OB(O)O)cc(NC(=O)C3CC3)n2)cc1. The Balaban J connectivity index is 1.72. The standard InChI is InChI=1S/C18H17BN4O5/c20-9-11-1-3-12(4-2-11)10-21-18(25)15-7-14(28-19(26)27)8-16(22-15)23-17(24)13-5-6-13/h1-4,7-8,13,26-27H,5-6,10H2,(H,21,25)(H,22,23,24). The summed E-state index contributed by atoms with van der Waals surface area (Å²) in [5, 5.41) is 32.1. The lowest BCUT2D eigenvalue weighted by molar-refractivity contribution is -0.117. The van der Waals surface area contributed by atoms with Crippen molar-refractivity contribution in [2.45, 2.75) is 19.4 Å². The molecule has 28 heavy (non-hydrogen) atoms. The predicted octanol–water partition coefficient (Wildman–Crippen LogP) is 0.580. The zero-order valence-electron chi connectivity index (χ0n) is 14.8. The third kappa shape index (κ3) is 5.29. The van der Waals surface area contributed by atoms with Crippen LogP contribution in [0.5, 0.6) is 5.75 Å². The highest BCUT2D eigenvalue weighted by Crippen LogP contribution is 2.30. The molecule has 1 aromatic heterocycles. The number of nitriles is 1. The molecular weight excluding hydrogens is 363 g/mol. The molecule has 1 saturated carbocycles. The number of anilines is 1. The third-order valence-electron chi connectivity index (χ3n) is 4.01. The Bertz CT molecular complexity index is 923. The highest BCUT2D eigenvalue weighted by atomic mass is 16.6. The van der Waals surface area contributed by atoms with Gasteiger partial charge in [-0.2, -0.15) is 5.26 Å². The summed E-state index contributed by atoms with van der Waals surface area (Å²) < 4.78 is 4.80. The molecule has 1 aliphatic rings. The third-order valence-corrected chi connectivity index (χ3v) is 4.01. The maximum atomic E-state index is 12.4. The Labute approximate surface area is 161 Å². The smallest absolute Gasteiger partial charge is 0.512 e. The first-order valence-corrected chi connectivity index (χ1v) is 8.57. The van der Waals surface area contributed by atoms with Crippen LogP contribution in [0.15, 0.2) is 36.4 Å². The van der Waals surface area contributed by atoms with Crippen molar-refractivity contribution in [1.29, 1.82) is 5.26 Å². The minimum atomic E-state index is -2.08. The minimum absolute atomic E-state index is 0.0281. The Morgan fingerprint density at radius 1 is 1.25 bits per heavy atom. The Morgan fingerprint density at radius 3 is 2.57 bits per heavy atom.